The lowest BCUT2D eigenvalue weighted by molar-refractivity contribution is -0.127. The third-order valence-electron chi connectivity index (χ3n) is 6.78. The van der Waals surface area contributed by atoms with Gasteiger partial charge in [-0.2, -0.15) is 0 Å². The number of thiophene rings is 1. The molecule has 1 fully saturated rings. The van der Waals surface area contributed by atoms with Crippen LogP contribution in [-0.2, 0) is 16.0 Å². The van der Waals surface area contributed by atoms with Gasteiger partial charge in [-0.05, 0) is 61.0 Å². The number of anilines is 1. The van der Waals surface area contributed by atoms with Crippen molar-refractivity contribution in [1.82, 2.24) is 5.32 Å². The van der Waals surface area contributed by atoms with E-state index in [-0.39, 0.29) is 24.3 Å². The van der Waals surface area contributed by atoms with E-state index in [0.717, 1.165) is 30.6 Å². The zero-order valence-corrected chi connectivity index (χ0v) is 23.1. The van der Waals surface area contributed by atoms with Crippen LogP contribution < -0.4 is 24.4 Å². The summed E-state index contributed by atoms with van der Waals surface area (Å²) in [5.74, 6) is 1.36. The van der Waals surface area contributed by atoms with E-state index in [4.69, 9.17) is 14.2 Å². The molecule has 1 aromatic heterocycles. The number of ether oxygens (including phenoxy) is 3. The second kappa shape index (κ2) is 13.3. The lowest BCUT2D eigenvalue weighted by Gasteiger charge is -2.34. The lowest BCUT2D eigenvalue weighted by atomic mass is 9.94. The summed E-state index contributed by atoms with van der Waals surface area (Å²) in [6.45, 7) is 2.47. The van der Waals surface area contributed by atoms with Gasteiger partial charge in [-0.15, -0.1) is 11.3 Å². The average Bonchev–Trinajstić information content (AvgIpc) is 3.45. The fourth-order valence-electron chi connectivity index (χ4n) is 4.92. The highest BCUT2D eigenvalue weighted by Gasteiger charge is 2.34. The van der Waals surface area contributed by atoms with E-state index in [0.29, 0.717) is 35.1 Å². The molecule has 1 atom stereocenters. The van der Waals surface area contributed by atoms with Crippen molar-refractivity contribution >= 4 is 28.8 Å². The van der Waals surface area contributed by atoms with Gasteiger partial charge in [0.25, 0.3) is 0 Å². The normalized spacial score (nSPS) is 14.4. The molecule has 0 bridgehead atoms. The molecule has 4 rings (SSSR count). The van der Waals surface area contributed by atoms with Gasteiger partial charge >= 0.3 is 0 Å². The van der Waals surface area contributed by atoms with Crippen molar-refractivity contribution in [2.45, 2.75) is 57.5 Å². The van der Waals surface area contributed by atoms with Crippen molar-refractivity contribution in [2.75, 3.05) is 25.7 Å². The number of rotatable bonds is 11. The number of hydrogen-bond acceptors (Lipinski definition) is 6. The van der Waals surface area contributed by atoms with Gasteiger partial charge in [-0.25, -0.2) is 0 Å². The SMILES string of the molecule is CCOc1ccc(C(C(=O)NC2CCCCC2)N(C(=O)Cc2cccs2)c2ccc(OC)c(OC)c2)cc1. The Balaban J connectivity index is 1.78. The first kappa shape index (κ1) is 27.5. The Labute approximate surface area is 228 Å². The van der Waals surface area contributed by atoms with Crippen molar-refractivity contribution in [1.29, 1.82) is 0 Å². The molecular weight excluding hydrogens is 500 g/mol. The van der Waals surface area contributed by atoms with Crippen LogP contribution in [0.4, 0.5) is 5.69 Å². The molecule has 1 N–H and O–H groups in total. The zero-order chi connectivity index (χ0) is 26.9. The van der Waals surface area contributed by atoms with Crippen LogP contribution in [-0.4, -0.2) is 38.7 Å². The van der Waals surface area contributed by atoms with Gasteiger partial charge in [-0.3, -0.25) is 14.5 Å². The fraction of sp³-hybridized carbons (Fsp3) is 0.400. The summed E-state index contributed by atoms with van der Waals surface area (Å²) in [5.41, 5.74) is 1.26. The minimum absolute atomic E-state index is 0.0982. The quantitative estimate of drug-likeness (QED) is 0.329. The van der Waals surface area contributed by atoms with Gasteiger partial charge < -0.3 is 19.5 Å². The lowest BCUT2D eigenvalue weighted by Crippen LogP contribution is -2.47. The van der Waals surface area contributed by atoms with E-state index >= 15 is 0 Å². The van der Waals surface area contributed by atoms with Crippen molar-refractivity contribution in [3.8, 4) is 17.2 Å². The fourth-order valence-corrected chi connectivity index (χ4v) is 5.61. The van der Waals surface area contributed by atoms with Gasteiger partial charge in [0, 0.05) is 22.7 Å². The maximum absolute atomic E-state index is 14.0. The number of nitrogens with one attached hydrogen (secondary N) is 1. The van der Waals surface area contributed by atoms with Crippen molar-refractivity contribution < 1.29 is 23.8 Å². The molecule has 0 aliphatic heterocycles. The van der Waals surface area contributed by atoms with E-state index in [1.165, 1.54) is 17.8 Å². The van der Waals surface area contributed by atoms with Crippen LogP contribution in [0.1, 0.15) is 55.5 Å². The van der Waals surface area contributed by atoms with E-state index in [2.05, 4.69) is 5.32 Å². The number of nitrogens with zero attached hydrogens (tertiary/aromatic N) is 1. The molecule has 1 aliphatic carbocycles. The van der Waals surface area contributed by atoms with Gasteiger partial charge in [0.05, 0.1) is 27.2 Å². The second-order valence-corrected chi connectivity index (χ2v) is 10.3. The molecule has 38 heavy (non-hydrogen) atoms. The summed E-state index contributed by atoms with van der Waals surface area (Å²) in [6, 6.07) is 15.8. The van der Waals surface area contributed by atoms with E-state index in [9.17, 15) is 9.59 Å². The summed E-state index contributed by atoms with van der Waals surface area (Å²) in [7, 11) is 3.12. The third kappa shape index (κ3) is 6.67. The highest BCUT2D eigenvalue weighted by Crippen LogP contribution is 2.36. The maximum Gasteiger partial charge on any atom is 0.248 e. The Hall–Kier alpha value is -3.52. The van der Waals surface area contributed by atoms with E-state index < -0.39 is 6.04 Å². The summed E-state index contributed by atoms with van der Waals surface area (Å²) in [4.78, 5) is 30.6. The summed E-state index contributed by atoms with van der Waals surface area (Å²) < 4.78 is 16.6. The molecule has 0 spiro atoms. The number of carbonyl (C=O) groups excluding carboxylic acids is 2. The topological polar surface area (TPSA) is 77.1 Å². The molecule has 1 heterocycles. The first-order valence-corrected chi connectivity index (χ1v) is 14.0. The minimum Gasteiger partial charge on any atom is -0.494 e. The molecule has 1 unspecified atom stereocenters. The number of hydrogen-bond donors (Lipinski definition) is 1. The minimum atomic E-state index is -0.877. The first-order valence-electron chi connectivity index (χ1n) is 13.1. The van der Waals surface area contributed by atoms with Gasteiger partial charge in [0.15, 0.2) is 11.5 Å². The molecular formula is C30H36N2O5S. The standard InChI is InChI=1S/C30H36N2O5S/c1-4-37-24-15-12-21(13-16-24)29(30(34)31-22-9-6-5-7-10-22)32(28(33)20-25-11-8-18-38-25)23-14-17-26(35-2)27(19-23)36-3/h8,11-19,22,29H,4-7,9-10,20H2,1-3H3,(H,31,34). The molecule has 2 amide bonds. The summed E-state index contributed by atoms with van der Waals surface area (Å²) in [5, 5.41) is 5.20. The van der Waals surface area contributed by atoms with Crippen LogP contribution in [0.3, 0.4) is 0 Å². The molecule has 0 radical (unpaired) electrons. The second-order valence-electron chi connectivity index (χ2n) is 9.31. The van der Waals surface area contributed by atoms with Crippen molar-refractivity contribution in [3.63, 3.8) is 0 Å². The van der Waals surface area contributed by atoms with Crippen LogP contribution >= 0.6 is 11.3 Å². The van der Waals surface area contributed by atoms with Crippen LogP contribution in [0.15, 0.2) is 60.0 Å². The highest BCUT2D eigenvalue weighted by molar-refractivity contribution is 7.10. The molecule has 2 aromatic carbocycles. The Kier molecular flexibility index (Phi) is 9.65. The van der Waals surface area contributed by atoms with E-state index in [1.807, 2.05) is 48.7 Å². The smallest absolute Gasteiger partial charge is 0.248 e. The number of carbonyl (C=O) groups is 2. The molecule has 1 saturated carbocycles. The number of methoxy groups -OCH3 is 2. The van der Waals surface area contributed by atoms with Gasteiger partial charge in [-0.1, -0.05) is 37.5 Å². The number of amides is 2. The monoisotopic (exact) mass is 536 g/mol. The average molecular weight is 537 g/mol. The Morgan fingerprint density at radius 1 is 1.00 bits per heavy atom. The van der Waals surface area contributed by atoms with Crippen LogP contribution in [0.2, 0.25) is 0 Å². The number of benzene rings is 2. The molecule has 3 aromatic rings. The van der Waals surface area contributed by atoms with Crippen LogP contribution in [0.5, 0.6) is 17.2 Å². The molecule has 8 heteroatoms. The van der Waals surface area contributed by atoms with Gasteiger partial charge in [0.1, 0.15) is 11.8 Å². The molecule has 0 saturated heterocycles. The largest absolute Gasteiger partial charge is 0.494 e. The zero-order valence-electron chi connectivity index (χ0n) is 22.3. The highest BCUT2D eigenvalue weighted by atomic mass is 32.1. The maximum atomic E-state index is 14.0. The molecule has 7 nitrogen and oxygen atoms in total. The van der Waals surface area contributed by atoms with Gasteiger partial charge in [0.2, 0.25) is 11.8 Å². The molecule has 1 aliphatic rings. The predicted molar refractivity (Wildman–Crippen MR) is 150 cm³/mol. The van der Waals surface area contributed by atoms with Crippen LogP contribution in [0, 0.1) is 0 Å². The van der Waals surface area contributed by atoms with E-state index in [1.54, 1.807) is 37.3 Å². The summed E-state index contributed by atoms with van der Waals surface area (Å²) in [6.07, 6.45) is 5.44. The summed E-state index contributed by atoms with van der Waals surface area (Å²) >= 11 is 1.52. The third-order valence-corrected chi connectivity index (χ3v) is 7.66. The Bertz CT molecular complexity index is 1190. The van der Waals surface area contributed by atoms with Crippen molar-refractivity contribution in [3.05, 3.63) is 70.4 Å². The van der Waals surface area contributed by atoms with Crippen molar-refractivity contribution in [2.24, 2.45) is 0 Å². The first-order chi connectivity index (χ1) is 18.5. The Morgan fingerprint density at radius 3 is 2.37 bits per heavy atom. The molecule has 202 valence electrons. The Morgan fingerprint density at radius 2 is 1.74 bits per heavy atom. The van der Waals surface area contributed by atoms with Crippen LogP contribution in [0.25, 0.3) is 0 Å². The predicted octanol–water partition coefficient (Wildman–Crippen LogP) is 5.93.